The predicted octanol–water partition coefficient (Wildman–Crippen LogP) is 2.15. The van der Waals surface area contributed by atoms with Gasteiger partial charge in [-0.2, -0.15) is 8.42 Å². The maximum Gasteiger partial charge on any atom is 0.339 e. The molecular formula is C14H11NO7S. The van der Waals surface area contributed by atoms with Crippen LogP contribution in [0.5, 0.6) is 5.75 Å². The molecule has 2 aromatic rings. The second kappa shape index (κ2) is 6.44. The van der Waals surface area contributed by atoms with Crippen molar-refractivity contribution in [2.24, 2.45) is 0 Å². The number of benzene rings is 2. The third-order valence-electron chi connectivity index (χ3n) is 2.82. The number of ether oxygens (including phenoxy) is 1. The van der Waals surface area contributed by atoms with Crippen molar-refractivity contribution < 1.29 is 27.1 Å². The van der Waals surface area contributed by atoms with E-state index in [0.717, 1.165) is 24.3 Å². The summed E-state index contributed by atoms with van der Waals surface area (Å²) in [5, 5.41) is 10.6. The lowest BCUT2D eigenvalue weighted by atomic mass is 10.2. The molecule has 0 radical (unpaired) electrons. The molecule has 0 spiro atoms. The molecule has 0 aromatic heterocycles. The fourth-order valence-electron chi connectivity index (χ4n) is 1.67. The molecule has 0 fully saturated rings. The standard InChI is InChI=1S/C14H11NO7S/c1-21-14(16)10-2-6-12(7-3-10)22-23(19,20)13-8-4-11(5-9-13)15(17)18/h2-9H,1H3. The summed E-state index contributed by atoms with van der Waals surface area (Å²) in [7, 11) is -2.91. The van der Waals surface area contributed by atoms with E-state index in [1.807, 2.05) is 0 Å². The van der Waals surface area contributed by atoms with Gasteiger partial charge in [0.15, 0.2) is 0 Å². The first-order chi connectivity index (χ1) is 10.8. The summed E-state index contributed by atoms with van der Waals surface area (Å²) in [4.78, 5) is 21.0. The number of nitro benzene ring substituents is 1. The van der Waals surface area contributed by atoms with E-state index in [2.05, 4.69) is 4.74 Å². The first-order valence-electron chi connectivity index (χ1n) is 6.21. The average Bonchev–Trinajstić information content (AvgIpc) is 2.54. The number of nitrogens with zero attached hydrogens (tertiary/aromatic N) is 1. The molecule has 2 rings (SSSR count). The summed E-state index contributed by atoms with van der Waals surface area (Å²) in [6, 6.07) is 9.60. The summed E-state index contributed by atoms with van der Waals surface area (Å²) in [5.41, 5.74) is 0.0129. The van der Waals surface area contributed by atoms with Gasteiger partial charge in [-0.05, 0) is 36.4 Å². The quantitative estimate of drug-likeness (QED) is 0.355. The van der Waals surface area contributed by atoms with Gasteiger partial charge in [-0.3, -0.25) is 10.1 Å². The Morgan fingerprint density at radius 3 is 2.09 bits per heavy atom. The van der Waals surface area contributed by atoms with Crippen LogP contribution in [0.3, 0.4) is 0 Å². The molecule has 23 heavy (non-hydrogen) atoms. The zero-order valence-corrected chi connectivity index (χ0v) is 12.6. The van der Waals surface area contributed by atoms with E-state index in [1.165, 1.54) is 31.4 Å². The molecule has 0 saturated heterocycles. The molecule has 0 saturated carbocycles. The van der Waals surface area contributed by atoms with Gasteiger partial charge in [-0.15, -0.1) is 0 Å². The summed E-state index contributed by atoms with van der Waals surface area (Å²) in [6.45, 7) is 0. The van der Waals surface area contributed by atoms with Crippen molar-refractivity contribution in [2.75, 3.05) is 7.11 Å². The topological polar surface area (TPSA) is 113 Å². The van der Waals surface area contributed by atoms with Crippen LogP contribution in [-0.4, -0.2) is 26.4 Å². The first kappa shape index (κ1) is 16.4. The lowest BCUT2D eigenvalue weighted by Crippen LogP contribution is -2.10. The highest BCUT2D eigenvalue weighted by Crippen LogP contribution is 2.21. The van der Waals surface area contributed by atoms with Crippen molar-refractivity contribution in [1.82, 2.24) is 0 Å². The van der Waals surface area contributed by atoms with E-state index in [-0.39, 0.29) is 21.9 Å². The third kappa shape index (κ3) is 3.83. The van der Waals surface area contributed by atoms with E-state index in [0.29, 0.717) is 0 Å². The number of carbonyl (C=O) groups is 1. The third-order valence-corrected chi connectivity index (χ3v) is 4.08. The maximum absolute atomic E-state index is 12.1. The van der Waals surface area contributed by atoms with E-state index in [1.54, 1.807) is 0 Å². The lowest BCUT2D eigenvalue weighted by molar-refractivity contribution is -0.384. The number of esters is 1. The molecule has 8 nitrogen and oxygen atoms in total. The van der Waals surface area contributed by atoms with Gasteiger partial charge in [-0.25, -0.2) is 4.79 Å². The second-order valence-corrected chi connectivity index (χ2v) is 5.85. The molecule has 0 bridgehead atoms. The van der Waals surface area contributed by atoms with Crippen LogP contribution in [0.25, 0.3) is 0 Å². The van der Waals surface area contributed by atoms with Gasteiger partial charge < -0.3 is 8.92 Å². The van der Waals surface area contributed by atoms with E-state index < -0.39 is 21.0 Å². The average molecular weight is 337 g/mol. The second-order valence-electron chi connectivity index (χ2n) is 4.30. The van der Waals surface area contributed by atoms with Crippen molar-refractivity contribution in [3.8, 4) is 5.75 Å². The zero-order chi connectivity index (χ0) is 17.0. The molecular weight excluding hydrogens is 326 g/mol. The summed E-state index contributed by atoms with van der Waals surface area (Å²) in [5.74, 6) is -0.564. The van der Waals surface area contributed by atoms with Crippen LogP contribution >= 0.6 is 0 Å². The number of non-ortho nitro benzene ring substituents is 1. The molecule has 0 heterocycles. The number of methoxy groups -OCH3 is 1. The van der Waals surface area contributed by atoms with E-state index in [4.69, 9.17) is 4.18 Å². The first-order valence-corrected chi connectivity index (χ1v) is 7.61. The van der Waals surface area contributed by atoms with Crippen LogP contribution in [0.2, 0.25) is 0 Å². The predicted molar refractivity (Wildman–Crippen MR) is 78.7 cm³/mol. The fraction of sp³-hybridized carbons (Fsp3) is 0.0714. The van der Waals surface area contributed by atoms with Crippen molar-refractivity contribution in [2.45, 2.75) is 4.90 Å². The highest BCUT2D eigenvalue weighted by Gasteiger charge is 2.18. The Hall–Kier alpha value is -2.94. The van der Waals surface area contributed by atoms with Gasteiger partial charge in [-0.1, -0.05) is 0 Å². The highest BCUT2D eigenvalue weighted by atomic mass is 32.2. The Balaban J connectivity index is 2.20. The Morgan fingerprint density at radius 1 is 1.04 bits per heavy atom. The van der Waals surface area contributed by atoms with E-state index >= 15 is 0 Å². The van der Waals surface area contributed by atoms with Crippen LogP contribution in [0, 0.1) is 10.1 Å². The van der Waals surface area contributed by atoms with Gasteiger partial charge >= 0.3 is 16.1 Å². The number of rotatable bonds is 5. The molecule has 2 aromatic carbocycles. The molecule has 0 aliphatic carbocycles. The number of nitro groups is 1. The van der Waals surface area contributed by atoms with Crippen molar-refractivity contribution >= 4 is 21.8 Å². The molecule has 120 valence electrons. The number of hydrogen-bond acceptors (Lipinski definition) is 7. The van der Waals surface area contributed by atoms with Crippen LogP contribution in [0.15, 0.2) is 53.4 Å². The smallest absolute Gasteiger partial charge is 0.339 e. The number of carbonyl (C=O) groups excluding carboxylic acids is 1. The molecule has 0 atom stereocenters. The fourth-order valence-corrected chi connectivity index (χ4v) is 2.60. The van der Waals surface area contributed by atoms with Gasteiger partial charge in [0.05, 0.1) is 17.6 Å². The Morgan fingerprint density at radius 2 is 1.61 bits per heavy atom. The molecule has 0 aliphatic rings. The van der Waals surface area contributed by atoms with Gasteiger partial charge in [0.2, 0.25) is 0 Å². The van der Waals surface area contributed by atoms with Crippen LogP contribution < -0.4 is 4.18 Å². The largest absolute Gasteiger partial charge is 0.465 e. The summed E-state index contributed by atoms with van der Waals surface area (Å²) < 4.78 is 33.6. The Bertz CT molecular complexity index is 826. The van der Waals surface area contributed by atoms with Crippen LogP contribution in [0.4, 0.5) is 5.69 Å². The van der Waals surface area contributed by atoms with E-state index in [9.17, 15) is 23.3 Å². The summed E-state index contributed by atoms with van der Waals surface area (Å²) in [6.07, 6.45) is 0. The Labute approximate surface area is 131 Å². The van der Waals surface area contributed by atoms with Crippen molar-refractivity contribution in [1.29, 1.82) is 0 Å². The van der Waals surface area contributed by atoms with Crippen LogP contribution in [0.1, 0.15) is 10.4 Å². The Kier molecular flexibility index (Phi) is 4.60. The minimum atomic E-state index is -4.13. The monoisotopic (exact) mass is 337 g/mol. The lowest BCUT2D eigenvalue weighted by Gasteiger charge is -2.07. The zero-order valence-electron chi connectivity index (χ0n) is 11.8. The molecule has 9 heteroatoms. The van der Waals surface area contributed by atoms with Gasteiger partial charge in [0.1, 0.15) is 10.6 Å². The summed E-state index contributed by atoms with van der Waals surface area (Å²) >= 11 is 0. The molecule has 0 amide bonds. The molecule has 0 N–H and O–H groups in total. The minimum absolute atomic E-state index is 0.00370. The van der Waals surface area contributed by atoms with Crippen molar-refractivity contribution in [3.05, 3.63) is 64.2 Å². The number of hydrogen-bond donors (Lipinski definition) is 0. The SMILES string of the molecule is COC(=O)c1ccc(OS(=O)(=O)c2ccc([N+](=O)[O-])cc2)cc1. The van der Waals surface area contributed by atoms with Gasteiger partial charge in [0.25, 0.3) is 5.69 Å². The van der Waals surface area contributed by atoms with Crippen LogP contribution in [-0.2, 0) is 14.9 Å². The highest BCUT2D eigenvalue weighted by molar-refractivity contribution is 7.87. The molecule has 0 unspecified atom stereocenters. The molecule has 0 aliphatic heterocycles. The van der Waals surface area contributed by atoms with Crippen molar-refractivity contribution in [3.63, 3.8) is 0 Å². The minimum Gasteiger partial charge on any atom is -0.465 e. The van der Waals surface area contributed by atoms with Gasteiger partial charge in [0, 0.05) is 12.1 Å². The normalized spacial score (nSPS) is 10.8. The maximum atomic E-state index is 12.1.